The second kappa shape index (κ2) is 4.28. The molecule has 2 rings (SSSR count). The van der Waals surface area contributed by atoms with Gasteiger partial charge in [-0.05, 0) is 23.2 Å². The SMILES string of the molecule is Cn1nc2ccccc2c1S(=O)[O-].[Li+]. The summed E-state index contributed by atoms with van der Waals surface area (Å²) in [5, 5.41) is 4.96. The van der Waals surface area contributed by atoms with Crippen LogP contribution in [0.4, 0.5) is 0 Å². The summed E-state index contributed by atoms with van der Waals surface area (Å²) in [4.78, 5) is 0. The van der Waals surface area contributed by atoms with Crippen LogP contribution >= 0.6 is 0 Å². The Morgan fingerprint density at radius 2 is 2.07 bits per heavy atom. The predicted octanol–water partition coefficient (Wildman–Crippen LogP) is -2.18. The van der Waals surface area contributed by atoms with E-state index in [2.05, 4.69) is 5.10 Å². The summed E-state index contributed by atoms with van der Waals surface area (Å²) < 4.78 is 23.0. The van der Waals surface area contributed by atoms with Gasteiger partial charge in [0.1, 0.15) is 5.03 Å². The Labute approximate surface area is 95.8 Å². The van der Waals surface area contributed by atoms with Crippen molar-refractivity contribution in [1.29, 1.82) is 0 Å². The third-order valence-electron chi connectivity index (χ3n) is 1.84. The van der Waals surface area contributed by atoms with Crippen LogP contribution in [-0.2, 0) is 18.1 Å². The molecule has 2 aromatic rings. The van der Waals surface area contributed by atoms with Crippen molar-refractivity contribution < 1.29 is 27.6 Å². The van der Waals surface area contributed by atoms with Crippen LogP contribution < -0.4 is 18.9 Å². The van der Waals surface area contributed by atoms with Crippen LogP contribution in [-0.4, -0.2) is 18.5 Å². The van der Waals surface area contributed by atoms with E-state index in [0.29, 0.717) is 10.9 Å². The first-order valence-electron chi connectivity index (χ1n) is 3.71. The number of nitrogens with zero attached hydrogens (tertiary/aromatic N) is 2. The van der Waals surface area contributed by atoms with Crippen molar-refractivity contribution in [2.24, 2.45) is 7.05 Å². The minimum absolute atomic E-state index is 0. The summed E-state index contributed by atoms with van der Waals surface area (Å²) in [6, 6.07) is 7.15. The summed E-state index contributed by atoms with van der Waals surface area (Å²) in [5.74, 6) is 0. The number of aryl methyl sites for hydroxylation is 1. The molecular weight excluding hydrogens is 195 g/mol. The van der Waals surface area contributed by atoms with E-state index in [4.69, 9.17) is 0 Å². The van der Waals surface area contributed by atoms with E-state index in [9.17, 15) is 8.76 Å². The van der Waals surface area contributed by atoms with E-state index >= 15 is 0 Å². The second-order valence-corrected chi connectivity index (χ2v) is 3.54. The van der Waals surface area contributed by atoms with Crippen molar-refractivity contribution in [3.8, 4) is 0 Å². The molecule has 1 aromatic heterocycles. The molecule has 0 radical (unpaired) electrons. The molecule has 1 unspecified atom stereocenters. The first-order valence-corrected chi connectivity index (χ1v) is 4.78. The van der Waals surface area contributed by atoms with Crippen LogP contribution in [0.2, 0.25) is 0 Å². The van der Waals surface area contributed by atoms with Crippen LogP contribution in [0.25, 0.3) is 10.9 Å². The smallest absolute Gasteiger partial charge is 0.767 e. The molecular formula is C8H7LiN2O2S. The van der Waals surface area contributed by atoms with E-state index in [1.54, 1.807) is 25.2 Å². The Morgan fingerprint density at radius 1 is 1.43 bits per heavy atom. The van der Waals surface area contributed by atoms with Crippen LogP contribution in [0.5, 0.6) is 0 Å². The Bertz CT molecular complexity index is 483. The van der Waals surface area contributed by atoms with Crippen molar-refractivity contribution in [2.45, 2.75) is 5.03 Å². The molecule has 0 saturated heterocycles. The maximum Gasteiger partial charge on any atom is 1.00 e. The van der Waals surface area contributed by atoms with Crippen molar-refractivity contribution in [1.82, 2.24) is 9.78 Å². The van der Waals surface area contributed by atoms with Gasteiger partial charge in [0, 0.05) is 12.4 Å². The molecule has 0 N–H and O–H groups in total. The summed E-state index contributed by atoms with van der Waals surface area (Å²) in [6.45, 7) is 0. The first kappa shape index (κ1) is 11.5. The van der Waals surface area contributed by atoms with E-state index in [1.807, 2.05) is 6.07 Å². The summed E-state index contributed by atoms with van der Waals surface area (Å²) in [5.41, 5.74) is 0.698. The molecule has 0 bridgehead atoms. The van der Waals surface area contributed by atoms with Gasteiger partial charge in [-0.3, -0.25) is 8.89 Å². The number of fused-ring (bicyclic) bond motifs is 1. The largest absolute Gasteiger partial charge is 1.00 e. The number of hydrogen-bond donors (Lipinski definition) is 0. The van der Waals surface area contributed by atoms with E-state index in [0.717, 1.165) is 0 Å². The standard InChI is InChI=1S/C8H8N2O2S.Li/c1-10-8(13(11)12)6-4-2-3-5-7(6)9-10;/h2-5H,1H3,(H,11,12);/q;+1/p-1. The van der Waals surface area contributed by atoms with Crippen LogP contribution in [0.1, 0.15) is 0 Å². The number of rotatable bonds is 1. The Hall–Kier alpha value is -0.603. The van der Waals surface area contributed by atoms with Crippen molar-refractivity contribution in [3.05, 3.63) is 24.3 Å². The third-order valence-corrected chi connectivity index (χ3v) is 2.64. The average molecular weight is 202 g/mol. The third kappa shape index (κ3) is 1.77. The molecule has 0 saturated carbocycles. The average Bonchev–Trinajstić information content (AvgIpc) is 2.39. The molecule has 0 aliphatic carbocycles. The summed E-state index contributed by atoms with van der Waals surface area (Å²) in [6.07, 6.45) is 0. The van der Waals surface area contributed by atoms with Gasteiger partial charge in [-0.1, -0.05) is 12.1 Å². The fourth-order valence-corrected chi connectivity index (χ4v) is 1.93. The van der Waals surface area contributed by atoms with Crippen molar-refractivity contribution >= 4 is 22.0 Å². The van der Waals surface area contributed by atoms with Gasteiger partial charge >= 0.3 is 18.9 Å². The molecule has 1 aromatic carbocycles. The van der Waals surface area contributed by atoms with Crippen LogP contribution in [0.3, 0.4) is 0 Å². The summed E-state index contributed by atoms with van der Waals surface area (Å²) >= 11 is -2.23. The molecule has 0 amide bonds. The van der Waals surface area contributed by atoms with E-state index in [1.165, 1.54) is 4.68 Å². The molecule has 1 heterocycles. The summed E-state index contributed by atoms with van der Waals surface area (Å²) in [7, 11) is 1.62. The van der Waals surface area contributed by atoms with Gasteiger partial charge < -0.3 is 4.55 Å². The topological polar surface area (TPSA) is 58.0 Å². The molecule has 1 atom stereocenters. The minimum Gasteiger partial charge on any atom is -0.767 e. The number of hydrogen-bond acceptors (Lipinski definition) is 3. The zero-order chi connectivity index (χ0) is 9.42. The Kier molecular flexibility index (Phi) is 3.51. The minimum atomic E-state index is -2.23. The molecule has 0 spiro atoms. The molecule has 0 aliphatic heterocycles. The maximum absolute atomic E-state index is 10.8. The van der Waals surface area contributed by atoms with Crippen LogP contribution in [0.15, 0.2) is 29.3 Å². The molecule has 6 heteroatoms. The quantitative estimate of drug-likeness (QED) is 0.390. The van der Waals surface area contributed by atoms with Gasteiger partial charge in [0.2, 0.25) is 0 Å². The van der Waals surface area contributed by atoms with Crippen molar-refractivity contribution in [3.63, 3.8) is 0 Å². The molecule has 0 fully saturated rings. The monoisotopic (exact) mass is 202 g/mol. The van der Waals surface area contributed by atoms with Gasteiger partial charge in [0.15, 0.2) is 0 Å². The first-order chi connectivity index (χ1) is 6.20. The zero-order valence-electron chi connectivity index (χ0n) is 7.93. The van der Waals surface area contributed by atoms with Gasteiger partial charge in [0.05, 0.1) is 5.52 Å². The van der Waals surface area contributed by atoms with E-state index < -0.39 is 11.1 Å². The van der Waals surface area contributed by atoms with E-state index in [-0.39, 0.29) is 23.9 Å². The zero-order valence-corrected chi connectivity index (χ0v) is 8.75. The Balaban J connectivity index is 0.000000980. The number of benzene rings is 1. The predicted molar refractivity (Wildman–Crippen MR) is 47.9 cm³/mol. The molecule has 4 nitrogen and oxygen atoms in total. The Morgan fingerprint density at radius 3 is 2.71 bits per heavy atom. The van der Waals surface area contributed by atoms with Gasteiger partial charge in [-0.15, -0.1) is 0 Å². The number of aromatic nitrogens is 2. The van der Waals surface area contributed by atoms with Gasteiger partial charge in [-0.25, -0.2) is 0 Å². The fourth-order valence-electron chi connectivity index (χ4n) is 1.32. The fraction of sp³-hybridized carbons (Fsp3) is 0.125. The van der Waals surface area contributed by atoms with Gasteiger partial charge in [-0.2, -0.15) is 5.10 Å². The van der Waals surface area contributed by atoms with Crippen molar-refractivity contribution in [2.75, 3.05) is 0 Å². The normalized spacial score (nSPS) is 12.4. The molecule has 0 aliphatic rings. The van der Waals surface area contributed by atoms with Crippen LogP contribution in [0, 0.1) is 0 Å². The molecule has 68 valence electrons. The maximum atomic E-state index is 10.8. The second-order valence-electron chi connectivity index (χ2n) is 2.68. The van der Waals surface area contributed by atoms with Gasteiger partial charge in [0.25, 0.3) is 0 Å². The molecule has 14 heavy (non-hydrogen) atoms.